The highest BCUT2D eigenvalue weighted by Gasteiger charge is 2.31. The van der Waals surface area contributed by atoms with Gasteiger partial charge in [0.15, 0.2) is 0 Å². The van der Waals surface area contributed by atoms with Crippen molar-refractivity contribution in [3.05, 3.63) is 60.3 Å². The molecule has 2 aliphatic heterocycles. The van der Waals surface area contributed by atoms with E-state index in [0.29, 0.717) is 19.5 Å². The zero-order valence-electron chi connectivity index (χ0n) is 16.7. The standard InChI is InChI=1S/C23H28N4O2/c28-22(18-19-6-2-1-3-7-19)26-12-9-20(10-13-26)23(29)27-16-14-25(15-17-27)21-8-4-5-11-24-21/h1-8,11,20H,9-10,12-18H2. The van der Waals surface area contributed by atoms with Crippen LogP contribution in [0.3, 0.4) is 0 Å². The van der Waals surface area contributed by atoms with E-state index in [0.717, 1.165) is 50.4 Å². The summed E-state index contributed by atoms with van der Waals surface area (Å²) in [6, 6.07) is 15.8. The van der Waals surface area contributed by atoms with Gasteiger partial charge in [0, 0.05) is 51.4 Å². The summed E-state index contributed by atoms with van der Waals surface area (Å²) >= 11 is 0. The molecule has 2 fully saturated rings. The number of pyridine rings is 1. The fourth-order valence-corrected chi connectivity index (χ4v) is 4.21. The second-order valence-electron chi connectivity index (χ2n) is 7.82. The lowest BCUT2D eigenvalue weighted by atomic mass is 9.94. The number of hydrogen-bond acceptors (Lipinski definition) is 4. The number of piperidine rings is 1. The van der Waals surface area contributed by atoms with Gasteiger partial charge in [-0.15, -0.1) is 0 Å². The average molecular weight is 393 g/mol. The van der Waals surface area contributed by atoms with Crippen LogP contribution in [-0.4, -0.2) is 65.9 Å². The predicted molar refractivity (Wildman–Crippen MR) is 112 cm³/mol. The second-order valence-corrected chi connectivity index (χ2v) is 7.82. The van der Waals surface area contributed by atoms with Crippen molar-refractivity contribution < 1.29 is 9.59 Å². The highest BCUT2D eigenvalue weighted by Crippen LogP contribution is 2.22. The van der Waals surface area contributed by atoms with Crippen LogP contribution in [0.15, 0.2) is 54.7 Å². The molecule has 2 aliphatic rings. The molecule has 0 N–H and O–H groups in total. The Balaban J connectivity index is 1.24. The molecule has 0 unspecified atom stereocenters. The van der Waals surface area contributed by atoms with Crippen molar-refractivity contribution in [1.29, 1.82) is 0 Å². The summed E-state index contributed by atoms with van der Waals surface area (Å²) in [6.45, 7) is 4.46. The zero-order valence-corrected chi connectivity index (χ0v) is 16.7. The molecule has 0 radical (unpaired) electrons. The van der Waals surface area contributed by atoms with Gasteiger partial charge in [0.25, 0.3) is 0 Å². The zero-order chi connectivity index (χ0) is 20.1. The van der Waals surface area contributed by atoms with Crippen molar-refractivity contribution in [3.8, 4) is 0 Å². The Hall–Kier alpha value is -2.89. The monoisotopic (exact) mass is 392 g/mol. The minimum Gasteiger partial charge on any atom is -0.353 e. The van der Waals surface area contributed by atoms with Crippen LogP contribution >= 0.6 is 0 Å². The lowest BCUT2D eigenvalue weighted by molar-refractivity contribution is -0.140. The maximum Gasteiger partial charge on any atom is 0.226 e. The SMILES string of the molecule is O=C(Cc1ccccc1)N1CCC(C(=O)N2CCN(c3ccccn3)CC2)CC1. The van der Waals surface area contributed by atoms with Gasteiger partial charge in [-0.1, -0.05) is 36.4 Å². The molecule has 2 aromatic rings. The molecule has 0 aliphatic carbocycles. The van der Waals surface area contributed by atoms with Gasteiger partial charge in [0.05, 0.1) is 6.42 Å². The predicted octanol–water partition coefficient (Wildman–Crippen LogP) is 2.21. The van der Waals surface area contributed by atoms with Gasteiger partial charge >= 0.3 is 0 Å². The van der Waals surface area contributed by atoms with Crippen molar-refractivity contribution in [2.75, 3.05) is 44.2 Å². The van der Waals surface area contributed by atoms with Gasteiger partial charge in [0.2, 0.25) is 11.8 Å². The number of likely N-dealkylation sites (tertiary alicyclic amines) is 1. The third kappa shape index (κ3) is 4.75. The fraction of sp³-hybridized carbons (Fsp3) is 0.435. The molecule has 2 saturated heterocycles. The number of anilines is 1. The Labute approximate surface area is 172 Å². The largest absolute Gasteiger partial charge is 0.353 e. The van der Waals surface area contributed by atoms with Gasteiger partial charge in [-0.3, -0.25) is 9.59 Å². The maximum absolute atomic E-state index is 13.0. The number of amides is 2. The molecular formula is C23H28N4O2. The molecule has 2 amide bonds. The topological polar surface area (TPSA) is 56.8 Å². The van der Waals surface area contributed by atoms with Crippen LogP contribution in [0.4, 0.5) is 5.82 Å². The summed E-state index contributed by atoms with van der Waals surface area (Å²) in [5, 5.41) is 0. The summed E-state index contributed by atoms with van der Waals surface area (Å²) < 4.78 is 0. The van der Waals surface area contributed by atoms with E-state index in [1.807, 2.05) is 58.3 Å². The second kappa shape index (κ2) is 9.07. The minimum absolute atomic E-state index is 0.0391. The van der Waals surface area contributed by atoms with E-state index in [1.165, 1.54) is 0 Å². The normalized spacial score (nSPS) is 18.0. The first kappa shape index (κ1) is 19.4. The number of hydrogen-bond donors (Lipinski definition) is 0. The Morgan fingerprint density at radius 1 is 0.828 bits per heavy atom. The third-order valence-corrected chi connectivity index (χ3v) is 5.96. The Morgan fingerprint density at radius 2 is 1.52 bits per heavy atom. The van der Waals surface area contributed by atoms with Crippen LogP contribution in [0, 0.1) is 5.92 Å². The lowest BCUT2D eigenvalue weighted by Crippen LogP contribution is -2.52. The fourth-order valence-electron chi connectivity index (χ4n) is 4.21. The molecule has 6 nitrogen and oxygen atoms in total. The van der Waals surface area contributed by atoms with Crippen LogP contribution in [0.5, 0.6) is 0 Å². The number of carbonyl (C=O) groups excluding carboxylic acids is 2. The van der Waals surface area contributed by atoms with Crippen LogP contribution in [-0.2, 0) is 16.0 Å². The van der Waals surface area contributed by atoms with E-state index in [-0.39, 0.29) is 17.7 Å². The average Bonchev–Trinajstić information content (AvgIpc) is 2.80. The van der Waals surface area contributed by atoms with E-state index >= 15 is 0 Å². The Morgan fingerprint density at radius 3 is 2.17 bits per heavy atom. The number of nitrogens with zero attached hydrogens (tertiary/aromatic N) is 4. The quantitative estimate of drug-likeness (QED) is 0.801. The van der Waals surface area contributed by atoms with E-state index in [4.69, 9.17) is 0 Å². The number of rotatable bonds is 4. The number of benzene rings is 1. The third-order valence-electron chi connectivity index (χ3n) is 5.96. The van der Waals surface area contributed by atoms with E-state index in [1.54, 1.807) is 6.20 Å². The highest BCUT2D eigenvalue weighted by molar-refractivity contribution is 5.81. The molecule has 6 heteroatoms. The molecule has 29 heavy (non-hydrogen) atoms. The molecule has 152 valence electrons. The molecule has 0 saturated carbocycles. The van der Waals surface area contributed by atoms with Gasteiger partial charge in [0.1, 0.15) is 5.82 Å². The van der Waals surface area contributed by atoms with Crippen molar-refractivity contribution in [3.63, 3.8) is 0 Å². The highest BCUT2D eigenvalue weighted by atomic mass is 16.2. The van der Waals surface area contributed by atoms with E-state index in [9.17, 15) is 9.59 Å². The first-order valence-electron chi connectivity index (χ1n) is 10.5. The summed E-state index contributed by atoms with van der Waals surface area (Å²) in [7, 11) is 0. The van der Waals surface area contributed by atoms with Crippen LogP contribution in [0.2, 0.25) is 0 Å². The smallest absolute Gasteiger partial charge is 0.226 e. The number of piperazine rings is 1. The van der Waals surface area contributed by atoms with Gasteiger partial charge in [-0.2, -0.15) is 0 Å². The molecule has 3 heterocycles. The van der Waals surface area contributed by atoms with Crippen molar-refractivity contribution >= 4 is 17.6 Å². The molecule has 1 aromatic heterocycles. The van der Waals surface area contributed by atoms with Crippen LogP contribution in [0.25, 0.3) is 0 Å². The van der Waals surface area contributed by atoms with Crippen LogP contribution in [0.1, 0.15) is 18.4 Å². The molecule has 1 aromatic carbocycles. The van der Waals surface area contributed by atoms with Crippen molar-refractivity contribution in [2.45, 2.75) is 19.3 Å². The summed E-state index contributed by atoms with van der Waals surface area (Å²) in [5.41, 5.74) is 1.04. The van der Waals surface area contributed by atoms with Gasteiger partial charge in [-0.05, 0) is 30.5 Å². The Bertz CT molecular complexity index is 811. The molecule has 0 bridgehead atoms. The summed E-state index contributed by atoms with van der Waals surface area (Å²) in [6.07, 6.45) is 3.77. The summed E-state index contributed by atoms with van der Waals surface area (Å²) in [4.78, 5) is 36.0. The number of aromatic nitrogens is 1. The minimum atomic E-state index is 0.0391. The van der Waals surface area contributed by atoms with Crippen molar-refractivity contribution in [1.82, 2.24) is 14.8 Å². The number of carbonyl (C=O) groups is 2. The first-order valence-corrected chi connectivity index (χ1v) is 10.5. The van der Waals surface area contributed by atoms with Gasteiger partial charge in [-0.25, -0.2) is 4.98 Å². The molecule has 4 rings (SSSR count). The lowest BCUT2D eigenvalue weighted by Gasteiger charge is -2.39. The maximum atomic E-state index is 13.0. The molecule has 0 spiro atoms. The summed E-state index contributed by atoms with van der Waals surface area (Å²) in [5.74, 6) is 1.42. The molecular weight excluding hydrogens is 364 g/mol. The van der Waals surface area contributed by atoms with Crippen molar-refractivity contribution in [2.24, 2.45) is 5.92 Å². The van der Waals surface area contributed by atoms with E-state index in [2.05, 4.69) is 9.88 Å². The first-order chi connectivity index (χ1) is 14.2. The van der Waals surface area contributed by atoms with Gasteiger partial charge < -0.3 is 14.7 Å². The molecule has 0 atom stereocenters. The van der Waals surface area contributed by atoms with E-state index < -0.39 is 0 Å². The Kier molecular flexibility index (Phi) is 6.08. The van der Waals surface area contributed by atoms with Crippen LogP contribution < -0.4 is 4.90 Å².